The molecule has 118 valence electrons. The van der Waals surface area contributed by atoms with E-state index in [0.29, 0.717) is 17.5 Å². The first-order valence-electron chi connectivity index (χ1n) is 8.79. The van der Waals surface area contributed by atoms with Crippen molar-refractivity contribution in [1.82, 2.24) is 4.90 Å². The minimum absolute atomic E-state index is 0.111. The topological polar surface area (TPSA) is 23.5 Å². The molecule has 0 spiro atoms. The molecule has 2 saturated carbocycles. The van der Waals surface area contributed by atoms with E-state index in [1.165, 1.54) is 38.6 Å². The highest BCUT2D eigenvalue weighted by Crippen LogP contribution is 2.43. The number of aliphatic hydroxyl groups excluding tert-OH is 1. The van der Waals surface area contributed by atoms with Crippen LogP contribution in [0.15, 0.2) is 0 Å². The molecule has 0 aliphatic heterocycles. The number of hydrogen-bond acceptors (Lipinski definition) is 2. The van der Waals surface area contributed by atoms with Crippen LogP contribution >= 0.6 is 0 Å². The monoisotopic (exact) mass is 281 g/mol. The number of hydrogen-bond donors (Lipinski definition) is 1. The normalized spacial score (nSPS) is 32.1. The molecule has 2 rings (SSSR count). The summed E-state index contributed by atoms with van der Waals surface area (Å²) in [4.78, 5) is 2.61. The van der Waals surface area contributed by atoms with Gasteiger partial charge in [-0.05, 0) is 63.2 Å². The Kier molecular flexibility index (Phi) is 5.18. The van der Waals surface area contributed by atoms with E-state index >= 15 is 0 Å². The molecule has 0 aromatic carbocycles. The van der Waals surface area contributed by atoms with E-state index in [-0.39, 0.29) is 6.10 Å². The Bertz CT molecular complexity index is 309. The molecular weight excluding hydrogens is 246 g/mol. The lowest BCUT2D eigenvalue weighted by Crippen LogP contribution is -2.52. The van der Waals surface area contributed by atoms with Crippen molar-refractivity contribution in [2.24, 2.45) is 17.3 Å². The van der Waals surface area contributed by atoms with E-state index in [4.69, 9.17) is 0 Å². The van der Waals surface area contributed by atoms with Crippen LogP contribution in [0.25, 0.3) is 0 Å². The average molecular weight is 281 g/mol. The molecular formula is C18H35NO. The van der Waals surface area contributed by atoms with Gasteiger partial charge in [-0.3, -0.25) is 4.90 Å². The molecule has 0 aromatic heterocycles. The van der Waals surface area contributed by atoms with Crippen LogP contribution in [0.3, 0.4) is 0 Å². The Labute approximate surface area is 125 Å². The maximum atomic E-state index is 10.5. The maximum absolute atomic E-state index is 10.5. The zero-order valence-electron chi connectivity index (χ0n) is 14.2. The Morgan fingerprint density at radius 3 is 2.30 bits per heavy atom. The van der Waals surface area contributed by atoms with Crippen molar-refractivity contribution in [1.29, 1.82) is 0 Å². The first kappa shape index (κ1) is 16.3. The summed E-state index contributed by atoms with van der Waals surface area (Å²) in [5.74, 6) is 1.67. The molecule has 0 bridgehead atoms. The van der Waals surface area contributed by atoms with Crippen LogP contribution in [0.5, 0.6) is 0 Å². The molecule has 0 aromatic rings. The van der Waals surface area contributed by atoms with Crippen LogP contribution in [0, 0.1) is 17.3 Å². The molecule has 1 N–H and O–H groups in total. The van der Waals surface area contributed by atoms with Crippen molar-refractivity contribution in [3.63, 3.8) is 0 Å². The second-order valence-electron chi connectivity index (χ2n) is 8.22. The summed E-state index contributed by atoms with van der Waals surface area (Å²) >= 11 is 0. The van der Waals surface area contributed by atoms with Crippen molar-refractivity contribution >= 4 is 0 Å². The van der Waals surface area contributed by atoms with Gasteiger partial charge in [-0.2, -0.15) is 0 Å². The summed E-state index contributed by atoms with van der Waals surface area (Å²) in [6, 6.07) is 0.943. The molecule has 3 atom stereocenters. The molecule has 0 amide bonds. The summed E-state index contributed by atoms with van der Waals surface area (Å²) in [6.45, 7) is 12.9. The van der Waals surface area contributed by atoms with Gasteiger partial charge in [0.25, 0.3) is 0 Å². The van der Waals surface area contributed by atoms with Gasteiger partial charge in [-0.15, -0.1) is 0 Å². The molecule has 2 fully saturated rings. The van der Waals surface area contributed by atoms with Crippen molar-refractivity contribution in [3.05, 3.63) is 0 Å². The van der Waals surface area contributed by atoms with Gasteiger partial charge >= 0.3 is 0 Å². The van der Waals surface area contributed by atoms with E-state index in [1.54, 1.807) is 0 Å². The van der Waals surface area contributed by atoms with Crippen molar-refractivity contribution in [2.75, 3.05) is 6.54 Å². The zero-order valence-corrected chi connectivity index (χ0v) is 14.2. The van der Waals surface area contributed by atoms with E-state index in [2.05, 4.69) is 39.5 Å². The first-order chi connectivity index (χ1) is 9.35. The number of rotatable bonds is 6. The van der Waals surface area contributed by atoms with Gasteiger partial charge in [0.1, 0.15) is 0 Å². The Morgan fingerprint density at radius 1 is 1.15 bits per heavy atom. The van der Waals surface area contributed by atoms with E-state index < -0.39 is 0 Å². The van der Waals surface area contributed by atoms with Gasteiger partial charge in [0.15, 0.2) is 0 Å². The van der Waals surface area contributed by atoms with Gasteiger partial charge in [0.2, 0.25) is 0 Å². The lowest BCUT2D eigenvalue weighted by molar-refractivity contribution is -0.0335. The second kappa shape index (κ2) is 6.36. The SMILES string of the molecule is CCC(C)(C)C1CCC(O)C(N(CC2CC2)C(C)C)C1. The fraction of sp³-hybridized carbons (Fsp3) is 1.00. The van der Waals surface area contributed by atoms with Gasteiger partial charge in [-0.1, -0.05) is 27.2 Å². The molecule has 0 heterocycles. The van der Waals surface area contributed by atoms with Crippen LogP contribution in [0.4, 0.5) is 0 Å². The van der Waals surface area contributed by atoms with Crippen LogP contribution in [-0.2, 0) is 0 Å². The summed E-state index contributed by atoms with van der Waals surface area (Å²) in [7, 11) is 0. The highest BCUT2D eigenvalue weighted by Gasteiger charge is 2.40. The molecule has 0 saturated heterocycles. The van der Waals surface area contributed by atoms with E-state index in [0.717, 1.165) is 18.3 Å². The van der Waals surface area contributed by atoms with Gasteiger partial charge in [-0.25, -0.2) is 0 Å². The average Bonchev–Trinajstić information content (AvgIpc) is 3.20. The van der Waals surface area contributed by atoms with Gasteiger partial charge in [0, 0.05) is 18.6 Å². The summed E-state index contributed by atoms with van der Waals surface area (Å²) in [5, 5.41) is 10.5. The molecule has 2 nitrogen and oxygen atoms in total. The fourth-order valence-corrected chi connectivity index (χ4v) is 3.81. The molecule has 2 aliphatic carbocycles. The zero-order chi connectivity index (χ0) is 14.9. The fourth-order valence-electron chi connectivity index (χ4n) is 3.81. The lowest BCUT2D eigenvalue weighted by Gasteiger charge is -2.47. The third-order valence-corrected chi connectivity index (χ3v) is 6.05. The Balaban J connectivity index is 2.05. The molecule has 0 radical (unpaired) electrons. The molecule has 2 heteroatoms. The summed E-state index contributed by atoms with van der Waals surface area (Å²) in [5.41, 5.74) is 0.417. The quantitative estimate of drug-likeness (QED) is 0.793. The molecule has 20 heavy (non-hydrogen) atoms. The third kappa shape index (κ3) is 3.76. The summed E-state index contributed by atoms with van der Waals surface area (Å²) in [6.07, 6.45) is 7.31. The molecule has 2 aliphatic rings. The van der Waals surface area contributed by atoms with Crippen LogP contribution in [0.2, 0.25) is 0 Å². The van der Waals surface area contributed by atoms with Crippen molar-refractivity contribution in [3.8, 4) is 0 Å². The first-order valence-corrected chi connectivity index (χ1v) is 8.79. The minimum atomic E-state index is -0.111. The highest BCUT2D eigenvalue weighted by molar-refractivity contribution is 4.94. The van der Waals surface area contributed by atoms with Crippen LogP contribution in [-0.4, -0.2) is 34.7 Å². The van der Waals surface area contributed by atoms with Gasteiger partial charge in [0.05, 0.1) is 6.10 Å². The Hall–Kier alpha value is -0.0800. The standard InChI is InChI=1S/C18H35NO/c1-6-18(4,5)15-9-10-17(20)16(11-15)19(13(2)3)12-14-7-8-14/h13-17,20H,6-12H2,1-5H3. The number of aliphatic hydroxyl groups is 1. The predicted octanol–water partition coefficient (Wildman–Crippen LogP) is 4.07. The van der Waals surface area contributed by atoms with Crippen molar-refractivity contribution in [2.45, 2.75) is 91.3 Å². The van der Waals surface area contributed by atoms with E-state index in [1.807, 2.05) is 0 Å². The summed E-state index contributed by atoms with van der Waals surface area (Å²) < 4.78 is 0. The minimum Gasteiger partial charge on any atom is -0.391 e. The van der Waals surface area contributed by atoms with Gasteiger partial charge < -0.3 is 5.11 Å². The Morgan fingerprint density at radius 2 is 1.80 bits per heavy atom. The highest BCUT2D eigenvalue weighted by atomic mass is 16.3. The van der Waals surface area contributed by atoms with Crippen LogP contribution in [0.1, 0.15) is 73.1 Å². The van der Waals surface area contributed by atoms with E-state index in [9.17, 15) is 5.11 Å². The molecule has 3 unspecified atom stereocenters. The maximum Gasteiger partial charge on any atom is 0.0695 e. The largest absolute Gasteiger partial charge is 0.391 e. The third-order valence-electron chi connectivity index (χ3n) is 6.05. The second-order valence-corrected chi connectivity index (χ2v) is 8.22. The lowest BCUT2D eigenvalue weighted by atomic mass is 9.67. The van der Waals surface area contributed by atoms with Crippen LogP contribution < -0.4 is 0 Å². The smallest absolute Gasteiger partial charge is 0.0695 e. The van der Waals surface area contributed by atoms with Crippen molar-refractivity contribution < 1.29 is 5.11 Å². The number of nitrogens with zero attached hydrogens (tertiary/aromatic N) is 1. The predicted molar refractivity (Wildman–Crippen MR) is 85.8 cm³/mol.